The van der Waals surface area contributed by atoms with Crippen LogP contribution in [0.1, 0.15) is 16.7 Å². The zero-order valence-electron chi connectivity index (χ0n) is 15.5. The number of nitrogens with zero attached hydrogens (tertiary/aromatic N) is 1. The van der Waals surface area contributed by atoms with Crippen molar-refractivity contribution in [3.05, 3.63) is 58.0 Å². The summed E-state index contributed by atoms with van der Waals surface area (Å²) in [5, 5.41) is 3.23. The van der Waals surface area contributed by atoms with Gasteiger partial charge in [-0.05, 0) is 60.5 Å². The Kier molecular flexibility index (Phi) is 5.99. The SMILES string of the molecule is COc1cc(/C=C2\SC(=Nc3c(C)cccc3C)NC2=O)ccc1OC(F)F. The van der Waals surface area contributed by atoms with Gasteiger partial charge >= 0.3 is 6.61 Å². The molecule has 8 heteroatoms. The van der Waals surface area contributed by atoms with E-state index in [1.54, 1.807) is 12.1 Å². The van der Waals surface area contributed by atoms with Crippen LogP contribution in [0, 0.1) is 13.8 Å². The van der Waals surface area contributed by atoms with Crippen LogP contribution in [0.25, 0.3) is 6.08 Å². The van der Waals surface area contributed by atoms with Gasteiger partial charge in [-0.3, -0.25) is 4.79 Å². The summed E-state index contributed by atoms with van der Waals surface area (Å²) in [6, 6.07) is 10.3. The number of methoxy groups -OCH3 is 1. The maximum absolute atomic E-state index is 12.4. The summed E-state index contributed by atoms with van der Waals surface area (Å²) in [7, 11) is 1.36. The summed E-state index contributed by atoms with van der Waals surface area (Å²) in [4.78, 5) is 17.3. The second-order valence-electron chi connectivity index (χ2n) is 6.01. The Balaban J connectivity index is 1.86. The number of carbonyl (C=O) groups is 1. The van der Waals surface area contributed by atoms with E-state index in [9.17, 15) is 13.6 Å². The van der Waals surface area contributed by atoms with Crippen molar-refractivity contribution in [3.63, 3.8) is 0 Å². The molecule has 3 rings (SSSR count). The summed E-state index contributed by atoms with van der Waals surface area (Å²) >= 11 is 1.21. The minimum Gasteiger partial charge on any atom is -0.493 e. The van der Waals surface area contributed by atoms with Crippen LogP contribution in [-0.4, -0.2) is 24.8 Å². The molecule has 1 aliphatic heterocycles. The normalized spacial score (nSPS) is 16.7. The number of hydrogen-bond acceptors (Lipinski definition) is 5. The minimum atomic E-state index is -2.95. The molecule has 0 atom stereocenters. The van der Waals surface area contributed by atoms with Crippen LogP contribution in [0.4, 0.5) is 14.5 Å². The predicted octanol–water partition coefficient (Wildman–Crippen LogP) is 4.81. The Labute approximate surface area is 165 Å². The molecule has 146 valence electrons. The molecule has 1 heterocycles. The average Bonchev–Trinajstić information content (AvgIpc) is 2.98. The lowest BCUT2D eigenvalue weighted by Crippen LogP contribution is -2.19. The highest BCUT2D eigenvalue weighted by atomic mass is 32.2. The van der Waals surface area contributed by atoms with Crippen molar-refractivity contribution in [1.82, 2.24) is 5.32 Å². The molecule has 1 N–H and O–H groups in total. The van der Waals surface area contributed by atoms with E-state index in [0.29, 0.717) is 15.6 Å². The van der Waals surface area contributed by atoms with Gasteiger partial charge in [0.15, 0.2) is 16.7 Å². The van der Waals surface area contributed by atoms with E-state index in [2.05, 4.69) is 15.0 Å². The van der Waals surface area contributed by atoms with Crippen molar-refractivity contribution in [2.24, 2.45) is 4.99 Å². The molecule has 0 aromatic heterocycles. The number of alkyl halides is 2. The number of aryl methyl sites for hydroxylation is 2. The van der Waals surface area contributed by atoms with E-state index >= 15 is 0 Å². The van der Waals surface area contributed by atoms with Crippen LogP contribution < -0.4 is 14.8 Å². The van der Waals surface area contributed by atoms with E-state index in [1.807, 2.05) is 32.0 Å². The summed E-state index contributed by atoms with van der Waals surface area (Å²) < 4.78 is 34.4. The number of halogens is 2. The first kappa shape index (κ1) is 19.9. The first-order valence-corrected chi connectivity index (χ1v) is 9.17. The number of hydrogen-bond donors (Lipinski definition) is 1. The van der Waals surface area contributed by atoms with Gasteiger partial charge in [0.25, 0.3) is 5.91 Å². The molecule has 0 saturated carbocycles. The first-order valence-electron chi connectivity index (χ1n) is 8.36. The lowest BCUT2D eigenvalue weighted by Gasteiger charge is -2.10. The van der Waals surface area contributed by atoms with Gasteiger partial charge < -0.3 is 14.8 Å². The Morgan fingerprint density at radius 2 is 1.86 bits per heavy atom. The lowest BCUT2D eigenvalue weighted by molar-refractivity contribution is -0.115. The Morgan fingerprint density at radius 3 is 2.50 bits per heavy atom. The maximum atomic E-state index is 12.4. The van der Waals surface area contributed by atoms with Gasteiger partial charge in [0.2, 0.25) is 0 Å². The number of amides is 1. The fraction of sp³-hybridized carbons (Fsp3) is 0.200. The third kappa shape index (κ3) is 4.51. The van der Waals surface area contributed by atoms with Crippen molar-refractivity contribution < 1.29 is 23.0 Å². The number of carbonyl (C=O) groups excluding carboxylic acids is 1. The summed E-state index contributed by atoms with van der Waals surface area (Å²) in [5.41, 5.74) is 3.46. The van der Waals surface area contributed by atoms with Gasteiger partial charge in [-0.25, -0.2) is 4.99 Å². The van der Waals surface area contributed by atoms with Crippen LogP contribution in [-0.2, 0) is 4.79 Å². The zero-order chi connectivity index (χ0) is 20.3. The molecule has 2 aromatic rings. The molecule has 0 unspecified atom stereocenters. The molecule has 1 saturated heterocycles. The van der Waals surface area contributed by atoms with Crippen LogP contribution in [0.5, 0.6) is 11.5 Å². The van der Waals surface area contributed by atoms with E-state index in [-0.39, 0.29) is 17.4 Å². The zero-order valence-corrected chi connectivity index (χ0v) is 16.3. The number of nitrogens with one attached hydrogen (secondary N) is 1. The molecule has 0 spiro atoms. The first-order chi connectivity index (χ1) is 13.4. The molecule has 1 amide bonds. The van der Waals surface area contributed by atoms with Crippen molar-refractivity contribution in [2.75, 3.05) is 7.11 Å². The molecule has 1 fully saturated rings. The highest BCUT2D eigenvalue weighted by Crippen LogP contribution is 2.33. The van der Waals surface area contributed by atoms with Crippen molar-refractivity contribution in [3.8, 4) is 11.5 Å². The van der Waals surface area contributed by atoms with E-state index in [1.165, 1.54) is 31.0 Å². The number of para-hydroxylation sites is 1. The topological polar surface area (TPSA) is 59.9 Å². The number of ether oxygens (including phenoxy) is 2. The van der Waals surface area contributed by atoms with Gasteiger partial charge in [0.1, 0.15) is 0 Å². The fourth-order valence-corrected chi connectivity index (χ4v) is 3.51. The third-order valence-electron chi connectivity index (χ3n) is 4.01. The second kappa shape index (κ2) is 8.43. The quantitative estimate of drug-likeness (QED) is 0.727. The minimum absolute atomic E-state index is 0.0690. The summed E-state index contributed by atoms with van der Waals surface area (Å²) in [6.45, 7) is 0.970. The number of thioether (sulfide) groups is 1. The molecular weight excluding hydrogens is 386 g/mol. The predicted molar refractivity (Wildman–Crippen MR) is 106 cm³/mol. The van der Waals surface area contributed by atoms with Crippen molar-refractivity contribution >= 4 is 34.6 Å². The number of aliphatic imine (C=N–C) groups is 1. The number of rotatable bonds is 5. The molecule has 0 bridgehead atoms. The van der Waals surface area contributed by atoms with Crippen LogP contribution in [0.2, 0.25) is 0 Å². The molecule has 28 heavy (non-hydrogen) atoms. The van der Waals surface area contributed by atoms with Gasteiger partial charge in [-0.15, -0.1) is 0 Å². The van der Waals surface area contributed by atoms with E-state index in [4.69, 9.17) is 4.74 Å². The Bertz CT molecular complexity index is 954. The highest BCUT2D eigenvalue weighted by Gasteiger charge is 2.24. The van der Waals surface area contributed by atoms with Crippen LogP contribution in [0.3, 0.4) is 0 Å². The largest absolute Gasteiger partial charge is 0.493 e. The standard InChI is InChI=1S/C20H18F2N2O3S/c1-11-5-4-6-12(2)17(11)23-20-24-18(25)16(28-20)10-13-7-8-14(27-19(21)22)15(9-13)26-3/h4-10,19H,1-3H3,(H,23,24,25)/b16-10-. The third-order valence-corrected chi connectivity index (χ3v) is 4.92. The fourth-order valence-electron chi connectivity index (χ4n) is 2.68. The summed E-state index contributed by atoms with van der Waals surface area (Å²) in [6.07, 6.45) is 1.64. The van der Waals surface area contributed by atoms with Crippen molar-refractivity contribution in [1.29, 1.82) is 0 Å². The van der Waals surface area contributed by atoms with Gasteiger partial charge in [-0.2, -0.15) is 8.78 Å². The molecule has 0 aliphatic carbocycles. The van der Waals surface area contributed by atoms with Crippen LogP contribution in [0.15, 0.2) is 46.3 Å². The van der Waals surface area contributed by atoms with Gasteiger partial charge in [0.05, 0.1) is 17.7 Å². The molecule has 1 aliphatic rings. The molecule has 2 aromatic carbocycles. The highest BCUT2D eigenvalue weighted by molar-refractivity contribution is 8.18. The van der Waals surface area contributed by atoms with Crippen LogP contribution >= 0.6 is 11.8 Å². The lowest BCUT2D eigenvalue weighted by atomic mass is 10.1. The van der Waals surface area contributed by atoms with Gasteiger partial charge in [0, 0.05) is 0 Å². The van der Waals surface area contributed by atoms with E-state index in [0.717, 1.165) is 16.8 Å². The molecule has 5 nitrogen and oxygen atoms in total. The van der Waals surface area contributed by atoms with E-state index < -0.39 is 6.61 Å². The number of amidine groups is 1. The van der Waals surface area contributed by atoms with Crippen molar-refractivity contribution in [2.45, 2.75) is 20.5 Å². The maximum Gasteiger partial charge on any atom is 0.387 e. The molecule has 0 radical (unpaired) electrons. The molecular formula is C20H18F2N2O3S. The number of benzene rings is 2. The second-order valence-corrected chi connectivity index (χ2v) is 7.04. The monoisotopic (exact) mass is 404 g/mol. The smallest absolute Gasteiger partial charge is 0.387 e. The average molecular weight is 404 g/mol. The van der Waals surface area contributed by atoms with Gasteiger partial charge in [-0.1, -0.05) is 24.3 Å². The Hall–Kier alpha value is -2.87. The Morgan fingerprint density at radius 1 is 1.14 bits per heavy atom. The summed E-state index contributed by atoms with van der Waals surface area (Å²) in [5.74, 6) is -0.190.